The summed E-state index contributed by atoms with van der Waals surface area (Å²) in [6.07, 6.45) is 5.34. The second-order valence-corrected chi connectivity index (χ2v) is 5.32. The van der Waals surface area contributed by atoms with E-state index in [0.29, 0.717) is 30.2 Å². The SMILES string of the molecule is C=C(C)CC(=O)C1CC2CCC(C1)N2C. The van der Waals surface area contributed by atoms with Crippen LogP contribution in [0.25, 0.3) is 0 Å². The largest absolute Gasteiger partial charge is 0.300 e. The van der Waals surface area contributed by atoms with Crippen molar-refractivity contribution in [2.24, 2.45) is 5.92 Å². The smallest absolute Gasteiger partial charge is 0.140 e. The first-order chi connectivity index (χ1) is 7.08. The van der Waals surface area contributed by atoms with Crippen LogP contribution in [0.2, 0.25) is 0 Å². The number of ketones is 1. The number of nitrogens with zero attached hydrogens (tertiary/aromatic N) is 1. The molecule has 0 aromatic carbocycles. The molecule has 2 aliphatic heterocycles. The molecule has 0 amide bonds. The Balaban J connectivity index is 1.96. The van der Waals surface area contributed by atoms with Crippen LogP contribution < -0.4 is 0 Å². The second-order valence-electron chi connectivity index (χ2n) is 5.32. The van der Waals surface area contributed by atoms with Crippen LogP contribution in [-0.4, -0.2) is 29.8 Å². The topological polar surface area (TPSA) is 20.3 Å². The van der Waals surface area contributed by atoms with Crippen LogP contribution >= 0.6 is 0 Å². The fraction of sp³-hybridized carbons (Fsp3) is 0.769. The number of hydrogen-bond donors (Lipinski definition) is 0. The second kappa shape index (κ2) is 4.09. The van der Waals surface area contributed by atoms with Gasteiger partial charge in [0.05, 0.1) is 0 Å². The quantitative estimate of drug-likeness (QED) is 0.662. The average molecular weight is 207 g/mol. The monoisotopic (exact) mass is 207 g/mol. The first-order valence-electron chi connectivity index (χ1n) is 5.97. The van der Waals surface area contributed by atoms with E-state index in [0.717, 1.165) is 18.4 Å². The van der Waals surface area contributed by atoms with Gasteiger partial charge in [0.15, 0.2) is 0 Å². The summed E-state index contributed by atoms with van der Waals surface area (Å²) in [7, 11) is 2.21. The zero-order chi connectivity index (χ0) is 11.0. The summed E-state index contributed by atoms with van der Waals surface area (Å²) in [4.78, 5) is 14.4. The van der Waals surface area contributed by atoms with Crippen molar-refractivity contribution in [3.63, 3.8) is 0 Å². The van der Waals surface area contributed by atoms with Gasteiger partial charge in [-0.1, -0.05) is 12.2 Å². The highest BCUT2D eigenvalue weighted by atomic mass is 16.1. The maximum absolute atomic E-state index is 12.0. The lowest BCUT2D eigenvalue weighted by atomic mass is 9.85. The molecule has 2 heterocycles. The summed E-state index contributed by atoms with van der Waals surface area (Å²) >= 11 is 0. The van der Waals surface area contributed by atoms with E-state index in [1.54, 1.807) is 0 Å². The van der Waals surface area contributed by atoms with Crippen LogP contribution in [0.4, 0.5) is 0 Å². The Hall–Kier alpha value is -0.630. The third kappa shape index (κ3) is 2.15. The third-order valence-electron chi connectivity index (χ3n) is 4.03. The van der Waals surface area contributed by atoms with Gasteiger partial charge in [0.2, 0.25) is 0 Å². The molecule has 2 fully saturated rings. The van der Waals surface area contributed by atoms with Gasteiger partial charge in [-0.3, -0.25) is 4.79 Å². The van der Waals surface area contributed by atoms with Crippen molar-refractivity contribution in [2.45, 2.75) is 51.1 Å². The van der Waals surface area contributed by atoms with Gasteiger partial charge in [-0.2, -0.15) is 0 Å². The number of Topliss-reactive ketones (excluding diaryl/α,β-unsaturated/α-hetero) is 1. The van der Waals surface area contributed by atoms with Gasteiger partial charge in [-0.15, -0.1) is 0 Å². The van der Waals surface area contributed by atoms with E-state index in [2.05, 4.69) is 18.5 Å². The maximum Gasteiger partial charge on any atom is 0.140 e. The van der Waals surface area contributed by atoms with Crippen molar-refractivity contribution in [3.8, 4) is 0 Å². The van der Waals surface area contributed by atoms with E-state index in [-0.39, 0.29) is 0 Å². The van der Waals surface area contributed by atoms with Gasteiger partial charge in [0.25, 0.3) is 0 Å². The number of allylic oxidation sites excluding steroid dienone is 1. The Morgan fingerprint density at radius 1 is 1.33 bits per heavy atom. The summed E-state index contributed by atoms with van der Waals surface area (Å²) in [5.41, 5.74) is 1.01. The summed E-state index contributed by atoms with van der Waals surface area (Å²) in [6, 6.07) is 1.34. The molecule has 0 radical (unpaired) electrons. The number of rotatable bonds is 3. The highest BCUT2D eigenvalue weighted by Crippen LogP contribution is 2.38. The number of piperidine rings is 1. The first kappa shape index (κ1) is 10.9. The zero-order valence-electron chi connectivity index (χ0n) is 9.83. The van der Waals surface area contributed by atoms with E-state index in [1.165, 1.54) is 12.8 Å². The zero-order valence-corrected chi connectivity index (χ0v) is 9.83. The van der Waals surface area contributed by atoms with Crippen LogP contribution in [0.15, 0.2) is 12.2 Å². The van der Waals surface area contributed by atoms with Gasteiger partial charge in [0, 0.05) is 24.4 Å². The van der Waals surface area contributed by atoms with Crippen molar-refractivity contribution in [2.75, 3.05) is 7.05 Å². The molecule has 84 valence electrons. The normalized spacial score (nSPS) is 35.5. The molecule has 0 aromatic rings. The summed E-state index contributed by atoms with van der Waals surface area (Å²) < 4.78 is 0. The van der Waals surface area contributed by atoms with Crippen molar-refractivity contribution < 1.29 is 4.79 Å². The van der Waals surface area contributed by atoms with Gasteiger partial charge >= 0.3 is 0 Å². The molecule has 2 unspecified atom stereocenters. The van der Waals surface area contributed by atoms with Gasteiger partial charge in [-0.25, -0.2) is 0 Å². The fourth-order valence-electron chi connectivity index (χ4n) is 3.12. The summed E-state index contributed by atoms with van der Waals surface area (Å²) in [5, 5.41) is 0. The molecule has 2 saturated heterocycles. The Morgan fingerprint density at radius 3 is 2.33 bits per heavy atom. The molecule has 0 spiro atoms. The maximum atomic E-state index is 12.0. The molecule has 2 nitrogen and oxygen atoms in total. The van der Waals surface area contributed by atoms with Crippen LogP contribution in [0, 0.1) is 5.92 Å². The average Bonchev–Trinajstić information content (AvgIpc) is 2.38. The van der Waals surface area contributed by atoms with Crippen LogP contribution in [0.1, 0.15) is 39.0 Å². The van der Waals surface area contributed by atoms with E-state index in [1.807, 2.05) is 6.92 Å². The number of carbonyl (C=O) groups is 1. The third-order valence-corrected chi connectivity index (χ3v) is 4.03. The molecule has 2 aliphatic rings. The molecule has 15 heavy (non-hydrogen) atoms. The Morgan fingerprint density at radius 2 is 1.87 bits per heavy atom. The van der Waals surface area contributed by atoms with E-state index in [9.17, 15) is 4.79 Å². The lowest BCUT2D eigenvalue weighted by Crippen LogP contribution is -2.42. The lowest BCUT2D eigenvalue weighted by molar-refractivity contribution is -0.124. The van der Waals surface area contributed by atoms with E-state index < -0.39 is 0 Å². The lowest BCUT2D eigenvalue weighted by Gasteiger charge is -2.35. The van der Waals surface area contributed by atoms with Crippen molar-refractivity contribution in [1.29, 1.82) is 0 Å². The number of hydrogen-bond acceptors (Lipinski definition) is 2. The molecular weight excluding hydrogens is 186 g/mol. The molecule has 0 aliphatic carbocycles. The van der Waals surface area contributed by atoms with Crippen LogP contribution in [0.3, 0.4) is 0 Å². The molecule has 2 atom stereocenters. The molecule has 0 aromatic heterocycles. The Kier molecular flexibility index (Phi) is 2.96. The predicted octanol–water partition coefficient (Wildman–Crippen LogP) is 2.39. The Labute approximate surface area is 92.3 Å². The first-order valence-corrected chi connectivity index (χ1v) is 5.97. The molecule has 0 N–H and O–H groups in total. The van der Waals surface area contributed by atoms with Crippen LogP contribution in [0.5, 0.6) is 0 Å². The molecule has 0 saturated carbocycles. The van der Waals surface area contributed by atoms with Crippen molar-refractivity contribution >= 4 is 5.78 Å². The summed E-state index contributed by atoms with van der Waals surface area (Å²) in [5.74, 6) is 0.739. The van der Waals surface area contributed by atoms with Crippen molar-refractivity contribution in [3.05, 3.63) is 12.2 Å². The summed E-state index contributed by atoms with van der Waals surface area (Å²) in [6.45, 7) is 5.77. The van der Waals surface area contributed by atoms with Gasteiger partial charge in [0.1, 0.15) is 5.78 Å². The van der Waals surface area contributed by atoms with Crippen LogP contribution in [-0.2, 0) is 4.79 Å². The van der Waals surface area contributed by atoms with E-state index in [4.69, 9.17) is 0 Å². The van der Waals surface area contributed by atoms with E-state index >= 15 is 0 Å². The molecule has 2 bridgehead atoms. The molecule has 2 rings (SSSR count). The van der Waals surface area contributed by atoms with Crippen molar-refractivity contribution in [1.82, 2.24) is 4.90 Å². The molecule has 2 heteroatoms. The highest BCUT2D eigenvalue weighted by Gasteiger charge is 2.40. The minimum absolute atomic E-state index is 0.315. The number of fused-ring (bicyclic) bond motifs is 2. The molecular formula is C13H21NO. The van der Waals surface area contributed by atoms with Gasteiger partial charge < -0.3 is 4.90 Å². The minimum atomic E-state index is 0.315. The standard InChI is InChI=1S/C13H21NO/c1-9(2)6-13(15)10-7-11-4-5-12(8-10)14(11)3/h10-12H,1,4-8H2,2-3H3. The predicted molar refractivity (Wildman–Crippen MR) is 61.7 cm³/mol. The van der Waals surface area contributed by atoms with Gasteiger partial charge in [-0.05, 0) is 39.7 Å². The highest BCUT2D eigenvalue weighted by molar-refractivity contribution is 5.83. The minimum Gasteiger partial charge on any atom is -0.300 e. The Bertz CT molecular complexity index is 270. The fourth-order valence-corrected chi connectivity index (χ4v) is 3.12. The number of carbonyl (C=O) groups excluding carboxylic acids is 1.